The Bertz CT molecular complexity index is 336. The summed E-state index contributed by atoms with van der Waals surface area (Å²) >= 11 is 0. The van der Waals surface area contributed by atoms with Gasteiger partial charge in [-0.15, -0.1) is 5.92 Å². The van der Waals surface area contributed by atoms with Crippen LogP contribution in [0.3, 0.4) is 0 Å². The first kappa shape index (κ1) is 16.0. The second-order valence-electron chi connectivity index (χ2n) is 6.29. The Morgan fingerprint density at radius 3 is 1.88 bits per heavy atom. The maximum Gasteiger partial charge on any atom is 0.313 e. The van der Waals surface area contributed by atoms with Crippen molar-refractivity contribution >= 4 is 5.97 Å². The zero-order valence-electron chi connectivity index (χ0n) is 12.5. The van der Waals surface area contributed by atoms with Crippen LogP contribution < -0.4 is 0 Å². The first-order valence-corrected chi connectivity index (χ1v) is 6.17. The normalized spacial score (nSPS) is 15.5. The monoisotopic (exact) mass is 238 g/mol. The molecule has 0 aromatic carbocycles. The van der Waals surface area contributed by atoms with Crippen molar-refractivity contribution in [3.05, 3.63) is 0 Å². The standard InChI is InChI=1S/C15H26O2/c1-9-11-15(8,13(3,4)5)17-12(16)14(6,7)10-2/h10H2,1-8H3. The van der Waals surface area contributed by atoms with E-state index in [9.17, 15) is 4.79 Å². The van der Waals surface area contributed by atoms with Crippen molar-refractivity contribution in [3.8, 4) is 11.8 Å². The number of ether oxygens (including phenoxy) is 1. The summed E-state index contributed by atoms with van der Waals surface area (Å²) in [6.07, 6.45) is 0.756. The summed E-state index contributed by atoms with van der Waals surface area (Å²) in [6, 6.07) is 0. The molecule has 98 valence electrons. The van der Waals surface area contributed by atoms with Crippen molar-refractivity contribution in [2.45, 2.75) is 67.4 Å². The second kappa shape index (κ2) is 5.12. The molecule has 1 atom stereocenters. The smallest absolute Gasteiger partial charge is 0.313 e. The third-order valence-electron chi connectivity index (χ3n) is 3.53. The fourth-order valence-corrected chi connectivity index (χ4v) is 1.07. The van der Waals surface area contributed by atoms with Crippen LogP contribution in [0.4, 0.5) is 0 Å². The molecule has 1 unspecified atom stereocenters. The summed E-state index contributed by atoms with van der Waals surface area (Å²) in [7, 11) is 0. The Hall–Kier alpha value is -0.970. The fourth-order valence-electron chi connectivity index (χ4n) is 1.07. The number of carbonyl (C=O) groups excluding carboxylic acids is 1. The highest BCUT2D eigenvalue weighted by Gasteiger charge is 2.42. The average Bonchev–Trinajstić information content (AvgIpc) is 2.16. The minimum atomic E-state index is -0.745. The maximum absolute atomic E-state index is 12.1. The van der Waals surface area contributed by atoms with Crippen LogP contribution in [0, 0.1) is 22.7 Å². The summed E-state index contributed by atoms with van der Waals surface area (Å²) in [4.78, 5) is 12.1. The van der Waals surface area contributed by atoms with Gasteiger partial charge in [0, 0.05) is 5.41 Å². The van der Waals surface area contributed by atoms with Crippen LogP contribution in [-0.2, 0) is 9.53 Å². The lowest BCUT2D eigenvalue weighted by Crippen LogP contribution is -2.45. The molecule has 0 saturated carbocycles. The summed E-state index contributed by atoms with van der Waals surface area (Å²) in [5.41, 5.74) is -1.41. The van der Waals surface area contributed by atoms with Gasteiger partial charge in [0.1, 0.15) is 0 Å². The van der Waals surface area contributed by atoms with Crippen molar-refractivity contribution in [2.24, 2.45) is 10.8 Å². The van der Waals surface area contributed by atoms with Crippen LogP contribution in [0.25, 0.3) is 0 Å². The van der Waals surface area contributed by atoms with Crippen molar-refractivity contribution in [2.75, 3.05) is 0 Å². The van der Waals surface area contributed by atoms with Gasteiger partial charge in [0.2, 0.25) is 0 Å². The lowest BCUT2D eigenvalue weighted by molar-refractivity contribution is -0.172. The molecular formula is C15H26O2. The van der Waals surface area contributed by atoms with Gasteiger partial charge in [-0.2, -0.15) is 0 Å². The summed E-state index contributed by atoms with van der Waals surface area (Å²) in [5.74, 6) is 5.72. The van der Waals surface area contributed by atoms with E-state index in [0.29, 0.717) is 0 Å². The average molecular weight is 238 g/mol. The van der Waals surface area contributed by atoms with E-state index in [1.54, 1.807) is 6.92 Å². The third-order valence-corrected chi connectivity index (χ3v) is 3.53. The van der Waals surface area contributed by atoms with Crippen LogP contribution in [-0.4, -0.2) is 11.6 Å². The van der Waals surface area contributed by atoms with Crippen LogP contribution in [0.15, 0.2) is 0 Å². The van der Waals surface area contributed by atoms with E-state index in [2.05, 4.69) is 11.8 Å². The predicted molar refractivity (Wildman–Crippen MR) is 71.5 cm³/mol. The minimum Gasteiger partial charge on any atom is -0.445 e. The van der Waals surface area contributed by atoms with E-state index in [-0.39, 0.29) is 11.4 Å². The Morgan fingerprint density at radius 2 is 1.59 bits per heavy atom. The van der Waals surface area contributed by atoms with Crippen LogP contribution in [0.1, 0.15) is 61.8 Å². The molecule has 0 amide bonds. The van der Waals surface area contributed by atoms with Gasteiger partial charge in [0.05, 0.1) is 5.41 Å². The molecule has 0 N–H and O–H groups in total. The number of rotatable bonds is 3. The summed E-state index contributed by atoms with van der Waals surface area (Å²) in [6.45, 7) is 15.5. The van der Waals surface area contributed by atoms with Crippen molar-refractivity contribution < 1.29 is 9.53 Å². The maximum atomic E-state index is 12.1. The van der Waals surface area contributed by atoms with Crippen molar-refractivity contribution in [1.82, 2.24) is 0 Å². The molecule has 2 heteroatoms. The van der Waals surface area contributed by atoms with E-state index in [1.165, 1.54) is 0 Å². The Balaban J connectivity index is 5.16. The third kappa shape index (κ3) is 3.77. The van der Waals surface area contributed by atoms with E-state index in [0.717, 1.165) is 6.42 Å². The van der Waals surface area contributed by atoms with Gasteiger partial charge in [0.25, 0.3) is 0 Å². The van der Waals surface area contributed by atoms with Gasteiger partial charge in [0.15, 0.2) is 5.60 Å². The molecule has 2 nitrogen and oxygen atoms in total. The number of hydrogen-bond donors (Lipinski definition) is 0. The Morgan fingerprint density at radius 1 is 1.12 bits per heavy atom. The van der Waals surface area contributed by atoms with E-state index in [4.69, 9.17) is 4.74 Å². The van der Waals surface area contributed by atoms with Crippen molar-refractivity contribution in [3.63, 3.8) is 0 Å². The molecule has 0 aliphatic heterocycles. The van der Waals surface area contributed by atoms with E-state index >= 15 is 0 Å². The molecule has 0 radical (unpaired) electrons. The topological polar surface area (TPSA) is 26.3 Å². The van der Waals surface area contributed by atoms with Crippen LogP contribution >= 0.6 is 0 Å². The quantitative estimate of drug-likeness (QED) is 0.552. The number of carbonyl (C=O) groups is 1. The molecule has 0 aromatic rings. The summed E-state index contributed by atoms with van der Waals surface area (Å²) < 4.78 is 5.69. The SMILES string of the molecule is CC#CC(C)(OC(=O)C(C)(C)CC)C(C)(C)C. The molecule has 17 heavy (non-hydrogen) atoms. The Labute approximate surface area is 106 Å². The van der Waals surface area contributed by atoms with Gasteiger partial charge in [-0.25, -0.2) is 0 Å². The van der Waals surface area contributed by atoms with E-state index in [1.807, 2.05) is 48.5 Å². The molecule has 0 heterocycles. The second-order valence-corrected chi connectivity index (χ2v) is 6.29. The largest absolute Gasteiger partial charge is 0.445 e. The Kier molecular flexibility index (Phi) is 4.83. The highest BCUT2D eigenvalue weighted by molar-refractivity contribution is 5.76. The molecule has 0 saturated heterocycles. The molecule has 0 spiro atoms. The van der Waals surface area contributed by atoms with Gasteiger partial charge in [-0.3, -0.25) is 4.79 Å². The molecule has 0 aliphatic rings. The lowest BCUT2D eigenvalue weighted by Gasteiger charge is -2.39. The number of esters is 1. The van der Waals surface area contributed by atoms with Crippen LogP contribution in [0.2, 0.25) is 0 Å². The van der Waals surface area contributed by atoms with E-state index < -0.39 is 11.0 Å². The molecule has 0 fully saturated rings. The lowest BCUT2D eigenvalue weighted by atomic mass is 9.77. The van der Waals surface area contributed by atoms with Gasteiger partial charge in [-0.05, 0) is 34.1 Å². The first-order chi connectivity index (χ1) is 7.50. The van der Waals surface area contributed by atoms with Gasteiger partial charge in [-0.1, -0.05) is 33.6 Å². The van der Waals surface area contributed by atoms with Crippen molar-refractivity contribution in [1.29, 1.82) is 0 Å². The molecular weight excluding hydrogens is 212 g/mol. The number of hydrogen-bond acceptors (Lipinski definition) is 2. The molecule has 0 aliphatic carbocycles. The fraction of sp³-hybridized carbons (Fsp3) is 0.800. The highest BCUT2D eigenvalue weighted by Crippen LogP contribution is 2.35. The zero-order chi connectivity index (χ0) is 13.9. The highest BCUT2D eigenvalue weighted by atomic mass is 16.6. The predicted octanol–water partition coefficient (Wildman–Crippen LogP) is 3.79. The molecule has 0 bridgehead atoms. The molecule has 0 rings (SSSR count). The van der Waals surface area contributed by atoms with Gasteiger partial charge < -0.3 is 4.74 Å². The van der Waals surface area contributed by atoms with Crippen LogP contribution in [0.5, 0.6) is 0 Å². The molecule has 0 aromatic heterocycles. The van der Waals surface area contributed by atoms with Gasteiger partial charge >= 0.3 is 5.97 Å². The minimum absolute atomic E-state index is 0.180. The first-order valence-electron chi connectivity index (χ1n) is 6.17. The zero-order valence-corrected chi connectivity index (χ0v) is 12.5. The summed E-state index contributed by atoms with van der Waals surface area (Å²) in [5, 5.41) is 0.